The van der Waals surface area contributed by atoms with Crippen LogP contribution in [0.5, 0.6) is 0 Å². The number of hydrogen-bond donors (Lipinski definition) is 13. The van der Waals surface area contributed by atoms with Gasteiger partial charge in [-0.1, -0.05) is 84.9 Å². The van der Waals surface area contributed by atoms with Crippen molar-refractivity contribution in [3.8, 4) is 0 Å². The van der Waals surface area contributed by atoms with Gasteiger partial charge in [0.25, 0.3) is 0 Å². The van der Waals surface area contributed by atoms with E-state index in [2.05, 4.69) is 59.2 Å². The molecule has 5 amide bonds. The molecule has 0 fully saturated rings. The van der Waals surface area contributed by atoms with E-state index in [9.17, 15) is 29.1 Å². The maximum Gasteiger partial charge on any atom is 0.327 e. The molecule has 20 heteroatoms. The Morgan fingerprint density at radius 2 is 0.887 bits per heavy atom. The van der Waals surface area contributed by atoms with E-state index in [0.29, 0.717) is 28.7 Å². The largest absolute Gasteiger partial charge is 0.480 e. The molecule has 0 aliphatic heterocycles. The number of nitrogens with two attached hydrogens (primary N) is 3. The Labute approximate surface area is 414 Å². The van der Waals surface area contributed by atoms with E-state index < -0.39 is 71.8 Å². The SMILES string of the molecule is NC(N)=NCCC[C@H](N)C(=O)N[C@@H](Cc1c[nH]c2ccccc12)C(=O)N[C@@H](Cc1c[nH]c2ccccc12)C(=O)N[C@@H](Cc1c[nH]c2ccccc12)C(=O)N[C@@H](Cc1ccccc1)C(=O)N[C@@H](CS)C(=O)O. The van der Waals surface area contributed by atoms with E-state index in [1.165, 1.54) is 0 Å². The molecule has 0 aliphatic rings. The average molecular weight is 983 g/mol. The van der Waals surface area contributed by atoms with Crippen LogP contribution in [0.2, 0.25) is 0 Å². The third-order valence-electron chi connectivity index (χ3n) is 12.2. The number of benzene rings is 4. The Balaban J connectivity index is 1.21. The summed E-state index contributed by atoms with van der Waals surface area (Å²) in [7, 11) is 0. The molecule has 3 heterocycles. The van der Waals surface area contributed by atoms with E-state index in [4.69, 9.17) is 17.2 Å². The second kappa shape index (κ2) is 24.0. The zero-order chi connectivity index (χ0) is 50.4. The molecular formula is C51H58N12O7S. The van der Waals surface area contributed by atoms with Gasteiger partial charge in [-0.3, -0.25) is 29.0 Å². The van der Waals surface area contributed by atoms with E-state index in [0.717, 1.165) is 32.7 Å². The lowest BCUT2D eigenvalue weighted by Gasteiger charge is -2.27. The van der Waals surface area contributed by atoms with Crippen LogP contribution in [-0.2, 0) is 54.5 Å². The van der Waals surface area contributed by atoms with Gasteiger partial charge in [0.05, 0.1) is 6.04 Å². The number of aromatic amines is 3. The fourth-order valence-electron chi connectivity index (χ4n) is 8.45. The van der Waals surface area contributed by atoms with Crippen molar-refractivity contribution >= 4 is 86.8 Å². The van der Waals surface area contributed by atoms with Gasteiger partial charge in [0.1, 0.15) is 30.2 Å². The van der Waals surface area contributed by atoms with Gasteiger partial charge in [-0.15, -0.1) is 0 Å². The van der Waals surface area contributed by atoms with Crippen LogP contribution in [0.25, 0.3) is 32.7 Å². The minimum absolute atomic E-state index is 0.0101. The number of aliphatic imine (C=N–C) groups is 1. The quantitative estimate of drug-likeness (QED) is 0.0181. The second-order valence-electron chi connectivity index (χ2n) is 17.3. The number of amides is 5. The van der Waals surface area contributed by atoms with E-state index in [-0.39, 0.29) is 50.4 Å². The number of nitrogens with zero attached hydrogens (tertiary/aromatic N) is 1. The number of H-pyrrole nitrogens is 3. The first-order chi connectivity index (χ1) is 34.3. The second-order valence-corrected chi connectivity index (χ2v) is 17.6. The Hall–Kier alpha value is -8.10. The molecule has 15 N–H and O–H groups in total. The molecule has 0 saturated carbocycles. The summed E-state index contributed by atoms with van der Waals surface area (Å²) in [5.74, 6) is -5.21. The molecule has 7 rings (SSSR count). The van der Waals surface area contributed by atoms with Crippen LogP contribution < -0.4 is 43.8 Å². The number of hydrogen-bond acceptors (Lipinski definition) is 9. The minimum Gasteiger partial charge on any atom is -0.480 e. The smallest absolute Gasteiger partial charge is 0.327 e. The Kier molecular flexibility index (Phi) is 17.1. The molecule has 0 radical (unpaired) electrons. The van der Waals surface area contributed by atoms with Crippen molar-refractivity contribution < 1.29 is 33.9 Å². The van der Waals surface area contributed by atoms with Crippen LogP contribution in [0.3, 0.4) is 0 Å². The van der Waals surface area contributed by atoms with E-state index in [1.807, 2.05) is 72.8 Å². The standard InChI is InChI=1S/C51H58N12O7S/c52-36(16-10-20-55-51(53)54)45(64)59-41(22-30-25-56-37-17-7-4-13-33(30)37)47(66)61-43(24-32-27-58-39-19-9-6-15-35(32)39)49(68)62-42(23-31-26-57-38-18-8-5-14-34(31)38)48(67)60-40(21-29-11-2-1-3-12-29)46(65)63-44(28-71)50(69)70/h1-9,11-15,17-19,25-27,36,40-44,56-58,71H,10,16,20-24,28,52H2,(H,59,64)(H,60,67)(H,61,66)(H,62,68)(H,63,65)(H,69,70)(H4,53,54,55)/t36-,40-,41-,42-,43-,44-/m0/s1. The molecule has 71 heavy (non-hydrogen) atoms. The summed E-state index contributed by atoms with van der Waals surface area (Å²) in [6.07, 6.45) is 5.68. The topological polar surface area (TPSA) is 321 Å². The third kappa shape index (κ3) is 13.4. The lowest BCUT2D eigenvalue weighted by Crippen LogP contribution is -2.60. The molecule has 19 nitrogen and oxygen atoms in total. The van der Waals surface area contributed by atoms with Gasteiger partial charge < -0.3 is 63.8 Å². The van der Waals surface area contributed by atoms with E-state index >= 15 is 4.79 Å². The summed E-state index contributed by atoms with van der Waals surface area (Å²) in [4.78, 5) is 97.7. The van der Waals surface area contributed by atoms with Crippen LogP contribution in [0, 0.1) is 0 Å². The van der Waals surface area contributed by atoms with Crippen molar-refractivity contribution in [3.05, 3.63) is 144 Å². The van der Waals surface area contributed by atoms with Gasteiger partial charge in [0.15, 0.2) is 5.96 Å². The first-order valence-corrected chi connectivity index (χ1v) is 23.8. The zero-order valence-electron chi connectivity index (χ0n) is 38.7. The predicted molar refractivity (Wildman–Crippen MR) is 275 cm³/mol. The van der Waals surface area contributed by atoms with Crippen molar-refractivity contribution in [1.29, 1.82) is 0 Å². The molecule has 0 bridgehead atoms. The first kappa shape index (κ1) is 50.8. The molecule has 7 aromatic rings. The van der Waals surface area contributed by atoms with Crippen LogP contribution in [0.15, 0.2) is 127 Å². The van der Waals surface area contributed by atoms with Gasteiger partial charge in [0.2, 0.25) is 29.5 Å². The number of carbonyl (C=O) groups is 6. The number of aliphatic carboxylic acids is 1. The molecule has 4 aromatic carbocycles. The number of guanidine groups is 1. The highest BCUT2D eigenvalue weighted by Gasteiger charge is 2.34. The van der Waals surface area contributed by atoms with Crippen molar-refractivity contribution in [2.75, 3.05) is 12.3 Å². The maximum absolute atomic E-state index is 15.0. The molecule has 0 spiro atoms. The molecule has 0 unspecified atom stereocenters. The average Bonchev–Trinajstić information content (AvgIpc) is 4.10. The highest BCUT2D eigenvalue weighted by molar-refractivity contribution is 7.80. The maximum atomic E-state index is 15.0. The zero-order valence-corrected chi connectivity index (χ0v) is 39.6. The summed E-state index contributed by atoms with van der Waals surface area (Å²) < 4.78 is 0. The lowest BCUT2D eigenvalue weighted by molar-refractivity contribution is -0.141. The number of carbonyl (C=O) groups excluding carboxylic acids is 5. The molecule has 3 aromatic heterocycles. The summed E-state index contributed by atoms with van der Waals surface area (Å²) in [5.41, 5.74) is 22.4. The molecule has 370 valence electrons. The van der Waals surface area contributed by atoms with E-state index in [1.54, 1.807) is 48.9 Å². The third-order valence-corrected chi connectivity index (χ3v) is 12.6. The number of aromatic nitrogens is 3. The summed E-state index contributed by atoms with van der Waals surface area (Å²) >= 11 is 4.10. The Morgan fingerprint density at radius 3 is 1.28 bits per heavy atom. The van der Waals surface area contributed by atoms with Crippen LogP contribution in [0.1, 0.15) is 35.1 Å². The van der Waals surface area contributed by atoms with Gasteiger partial charge in [0, 0.05) is 89.3 Å². The number of nitrogens with one attached hydrogen (secondary N) is 8. The number of para-hydroxylation sites is 3. The predicted octanol–water partition coefficient (Wildman–Crippen LogP) is 2.22. The number of carboxylic acid groups (broad SMARTS) is 1. The Morgan fingerprint density at radius 1 is 0.521 bits per heavy atom. The van der Waals surface area contributed by atoms with Crippen molar-refractivity contribution in [2.45, 2.75) is 74.8 Å². The fourth-order valence-corrected chi connectivity index (χ4v) is 8.70. The lowest BCUT2D eigenvalue weighted by atomic mass is 9.99. The number of carboxylic acids is 1. The highest BCUT2D eigenvalue weighted by atomic mass is 32.1. The Bertz CT molecular complexity index is 3020. The molecule has 0 aliphatic carbocycles. The molecule has 0 saturated heterocycles. The van der Waals surface area contributed by atoms with Crippen molar-refractivity contribution in [3.63, 3.8) is 0 Å². The number of thiol groups is 1. The van der Waals surface area contributed by atoms with Gasteiger partial charge in [-0.25, -0.2) is 4.79 Å². The monoisotopic (exact) mass is 982 g/mol. The summed E-state index contributed by atoms with van der Waals surface area (Å²) in [5, 5.41) is 26.0. The van der Waals surface area contributed by atoms with Gasteiger partial charge >= 0.3 is 5.97 Å². The molecule has 6 atom stereocenters. The molecular weight excluding hydrogens is 925 g/mol. The van der Waals surface area contributed by atoms with Crippen molar-refractivity contribution in [2.24, 2.45) is 22.2 Å². The first-order valence-electron chi connectivity index (χ1n) is 23.1. The van der Waals surface area contributed by atoms with Gasteiger partial charge in [-0.05, 0) is 53.3 Å². The minimum atomic E-state index is -1.35. The normalized spacial score (nSPS) is 13.8. The summed E-state index contributed by atoms with van der Waals surface area (Å²) in [6.45, 7) is 0.245. The highest BCUT2D eigenvalue weighted by Crippen LogP contribution is 2.23. The number of fused-ring (bicyclic) bond motifs is 3. The fraction of sp³-hybridized carbons (Fsp3) is 0.275. The van der Waals surface area contributed by atoms with Crippen LogP contribution in [0.4, 0.5) is 0 Å². The van der Waals surface area contributed by atoms with Crippen molar-refractivity contribution in [1.82, 2.24) is 41.5 Å². The van der Waals surface area contributed by atoms with Crippen LogP contribution >= 0.6 is 12.6 Å². The van der Waals surface area contributed by atoms with Crippen LogP contribution in [-0.4, -0.2) is 110 Å². The van der Waals surface area contributed by atoms with Gasteiger partial charge in [-0.2, -0.15) is 12.6 Å². The summed E-state index contributed by atoms with van der Waals surface area (Å²) in [6, 6.07) is 23.6. The number of rotatable bonds is 24.